The number of urea groups is 1. The number of nitrogens with zero attached hydrogens (tertiary/aromatic N) is 1. The summed E-state index contributed by atoms with van der Waals surface area (Å²) in [5.74, 6) is 1.37. The lowest BCUT2D eigenvalue weighted by atomic mass is 10.2. The van der Waals surface area contributed by atoms with Crippen LogP contribution in [-0.4, -0.2) is 30.3 Å². The highest BCUT2D eigenvalue weighted by molar-refractivity contribution is 8.12. The number of carbonyl (C=O) groups is 2. The molecule has 0 aliphatic heterocycles. The lowest BCUT2D eigenvalue weighted by molar-refractivity contribution is 0.108. The van der Waals surface area contributed by atoms with Gasteiger partial charge in [-0.2, -0.15) is 0 Å². The number of fused-ring (bicyclic) bond motifs is 1. The van der Waals surface area contributed by atoms with Crippen LogP contribution in [0.25, 0.3) is 22.6 Å². The molecule has 0 atom stereocenters. The molecule has 0 aliphatic carbocycles. The number of oxazole rings is 1. The molecule has 10 heteroatoms. The molecule has 4 aromatic rings. The summed E-state index contributed by atoms with van der Waals surface area (Å²) in [6.45, 7) is 0. The first-order valence-corrected chi connectivity index (χ1v) is 10.8. The Morgan fingerprint density at radius 1 is 0.970 bits per heavy atom. The van der Waals surface area contributed by atoms with Crippen LogP contribution in [0.2, 0.25) is 5.02 Å². The summed E-state index contributed by atoms with van der Waals surface area (Å²) in [7, 11) is 2.99. The van der Waals surface area contributed by atoms with Gasteiger partial charge < -0.3 is 19.2 Å². The molecule has 0 saturated heterocycles. The number of methoxy groups -OCH3 is 2. The first-order chi connectivity index (χ1) is 16.0. The van der Waals surface area contributed by atoms with Crippen LogP contribution < -0.4 is 19.5 Å². The quantitative estimate of drug-likeness (QED) is 0.347. The highest BCUT2D eigenvalue weighted by Gasteiger charge is 2.14. The summed E-state index contributed by atoms with van der Waals surface area (Å²) < 4.78 is 18.6. The van der Waals surface area contributed by atoms with Gasteiger partial charge in [-0.15, -0.1) is 0 Å². The molecule has 0 radical (unpaired) electrons. The Morgan fingerprint density at radius 2 is 1.73 bits per heavy atom. The van der Waals surface area contributed by atoms with E-state index in [4.69, 9.17) is 25.5 Å². The van der Waals surface area contributed by atoms with Crippen LogP contribution in [0, 0.1) is 0 Å². The zero-order valence-corrected chi connectivity index (χ0v) is 19.1. The zero-order valence-electron chi connectivity index (χ0n) is 17.5. The number of hydrogen-bond donors (Lipinski definition) is 2. The van der Waals surface area contributed by atoms with Gasteiger partial charge in [-0.3, -0.25) is 9.52 Å². The van der Waals surface area contributed by atoms with Crippen LogP contribution in [0.4, 0.5) is 10.5 Å². The van der Waals surface area contributed by atoms with Gasteiger partial charge in [0.15, 0.2) is 17.1 Å². The predicted molar refractivity (Wildman–Crippen MR) is 128 cm³/mol. The second kappa shape index (κ2) is 9.85. The Labute approximate surface area is 198 Å². The number of rotatable bonds is 5. The molecule has 0 spiro atoms. The van der Waals surface area contributed by atoms with E-state index < -0.39 is 6.03 Å². The topological polar surface area (TPSA) is 103 Å². The van der Waals surface area contributed by atoms with E-state index in [1.165, 1.54) is 14.2 Å². The Balaban J connectivity index is 1.39. The van der Waals surface area contributed by atoms with Gasteiger partial charge in [0, 0.05) is 33.8 Å². The fourth-order valence-electron chi connectivity index (χ4n) is 2.99. The number of halogens is 1. The Kier molecular flexibility index (Phi) is 6.71. The van der Waals surface area contributed by atoms with Crippen molar-refractivity contribution < 1.29 is 23.5 Å². The fraction of sp³-hybridized carbons (Fsp3) is 0.0870. The molecule has 0 bridgehead atoms. The Bertz CT molecular complexity index is 1320. The molecular formula is C23H18ClN3O5S. The van der Waals surface area contributed by atoms with Crippen molar-refractivity contribution in [2.24, 2.45) is 0 Å². The average Bonchev–Trinajstić information content (AvgIpc) is 3.26. The number of aromatic nitrogens is 1. The van der Waals surface area contributed by atoms with Gasteiger partial charge in [-0.25, -0.2) is 9.78 Å². The number of amides is 2. The lowest BCUT2D eigenvalue weighted by Crippen LogP contribution is -2.24. The third-order valence-electron chi connectivity index (χ3n) is 4.59. The minimum absolute atomic E-state index is 0.356. The Hall–Kier alpha value is -3.69. The van der Waals surface area contributed by atoms with Crippen molar-refractivity contribution >= 4 is 51.5 Å². The highest BCUT2D eigenvalue weighted by Crippen LogP contribution is 2.29. The largest absolute Gasteiger partial charge is 0.493 e. The molecular weight excluding hydrogens is 466 g/mol. The van der Waals surface area contributed by atoms with Crippen molar-refractivity contribution in [3.8, 4) is 23.0 Å². The van der Waals surface area contributed by atoms with Crippen LogP contribution in [0.5, 0.6) is 11.5 Å². The van der Waals surface area contributed by atoms with E-state index in [1.807, 2.05) is 12.1 Å². The van der Waals surface area contributed by atoms with E-state index in [1.54, 1.807) is 48.5 Å². The molecule has 0 saturated carbocycles. The predicted octanol–water partition coefficient (Wildman–Crippen LogP) is 5.78. The molecule has 2 N–H and O–H groups in total. The maximum absolute atomic E-state index is 12.4. The number of carbonyl (C=O) groups excluding carboxylic acids is 2. The zero-order chi connectivity index (χ0) is 23.4. The summed E-state index contributed by atoms with van der Waals surface area (Å²) >= 11 is 6.58. The molecule has 33 heavy (non-hydrogen) atoms. The molecule has 0 aliphatic rings. The van der Waals surface area contributed by atoms with Crippen LogP contribution in [0.1, 0.15) is 10.4 Å². The van der Waals surface area contributed by atoms with Crippen molar-refractivity contribution in [2.45, 2.75) is 0 Å². The maximum Gasteiger partial charge on any atom is 0.329 e. The third-order valence-corrected chi connectivity index (χ3v) is 5.55. The summed E-state index contributed by atoms with van der Waals surface area (Å²) in [6, 6.07) is 16.4. The van der Waals surface area contributed by atoms with E-state index in [0.29, 0.717) is 56.7 Å². The monoisotopic (exact) mass is 483 g/mol. The summed E-state index contributed by atoms with van der Waals surface area (Å²) in [6.07, 6.45) is 0. The molecule has 0 unspecified atom stereocenters. The second-order valence-electron chi connectivity index (χ2n) is 6.72. The number of ether oxygens (including phenoxy) is 2. The van der Waals surface area contributed by atoms with Crippen molar-refractivity contribution in [1.82, 2.24) is 9.71 Å². The summed E-state index contributed by atoms with van der Waals surface area (Å²) in [5, 5.41) is 2.94. The first-order valence-electron chi connectivity index (χ1n) is 9.63. The normalized spacial score (nSPS) is 10.6. The molecule has 1 heterocycles. The van der Waals surface area contributed by atoms with E-state index in [0.717, 1.165) is 5.56 Å². The van der Waals surface area contributed by atoms with Gasteiger partial charge in [0.2, 0.25) is 11.0 Å². The smallest absolute Gasteiger partial charge is 0.329 e. The van der Waals surface area contributed by atoms with Crippen LogP contribution in [0.15, 0.2) is 65.1 Å². The van der Waals surface area contributed by atoms with Crippen molar-refractivity contribution in [2.75, 3.05) is 19.5 Å². The van der Waals surface area contributed by atoms with Crippen LogP contribution in [0.3, 0.4) is 0 Å². The number of nitrogens with one attached hydrogen (secondary N) is 2. The maximum atomic E-state index is 12.4. The van der Waals surface area contributed by atoms with E-state index in [-0.39, 0.29) is 5.12 Å². The van der Waals surface area contributed by atoms with Gasteiger partial charge in [-0.05, 0) is 60.7 Å². The molecule has 3 aromatic carbocycles. The number of anilines is 1. The standard InChI is InChI=1S/C23H18ClN3O5S/c1-30-19-9-5-14(11-20(19)31-2)22(28)33-27-23(29)25-16-8-10-18-17(12-16)26-21(32-18)13-3-6-15(24)7-4-13/h3-12H,1-2H3,(H2,25,27,29). The molecule has 2 amide bonds. The van der Waals surface area contributed by atoms with Gasteiger partial charge >= 0.3 is 6.03 Å². The van der Waals surface area contributed by atoms with Crippen LogP contribution >= 0.6 is 23.5 Å². The first kappa shape index (κ1) is 22.5. The fourth-order valence-corrected chi connectivity index (χ4v) is 3.60. The molecule has 8 nitrogen and oxygen atoms in total. The van der Waals surface area contributed by atoms with Crippen molar-refractivity contribution in [3.05, 3.63) is 71.2 Å². The van der Waals surface area contributed by atoms with E-state index >= 15 is 0 Å². The van der Waals surface area contributed by atoms with Crippen molar-refractivity contribution in [1.29, 1.82) is 0 Å². The summed E-state index contributed by atoms with van der Waals surface area (Å²) in [4.78, 5) is 29.1. The minimum Gasteiger partial charge on any atom is -0.493 e. The van der Waals surface area contributed by atoms with E-state index in [9.17, 15) is 9.59 Å². The Morgan fingerprint density at radius 3 is 2.45 bits per heavy atom. The molecule has 4 rings (SSSR count). The third kappa shape index (κ3) is 5.21. The van der Waals surface area contributed by atoms with Gasteiger partial charge in [0.05, 0.1) is 14.2 Å². The van der Waals surface area contributed by atoms with Gasteiger partial charge in [0.1, 0.15) is 5.52 Å². The van der Waals surface area contributed by atoms with Gasteiger partial charge in [-0.1, -0.05) is 11.6 Å². The lowest BCUT2D eigenvalue weighted by Gasteiger charge is -2.09. The highest BCUT2D eigenvalue weighted by atomic mass is 35.5. The molecule has 1 aromatic heterocycles. The van der Waals surface area contributed by atoms with E-state index in [2.05, 4.69) is 15.0 Å². The number of benzene rings is 3. The minimum atomic E-state index is -0.561. The molecule has 0 fully saturated rings. The average molecular weight is 484 g/mol. The van der Waals surface area contributed by atoms with Crippen molar-refractivity contribution in [3.63, 3.8) is 0 Å². The second-order valence-corrected chi connectivity index (χ2v) is 7.94. The number of hydrogen-bond acceptors (Lipinski definition) is 7. The molecule has 168 valence electrons. The van der Waals surface area contributed by atoms with Crippen LogP contribution in [-0.2, 0) is 0 Å². The summed E-state index contributed by atoms with van der Waals surface area (Å²) in [5.41, 5.74) is 2.79. The van der Waals surface area contributed by atoms with Gasteiger partial charge in [0.25, 0.3) is 0 Å². The SMILES string of the molecule is COc1ccc(C(=O)SNC(=O)Nc2ccc3oc(-c4ccc(Cl)cc4)nc3c2)cc1OC.